The molecule has 0 unspecified atom stereocenters. The van der Waals surface area contributed by atoms with Gasteiger partial charge in [-0.2, -0.15) is 0 Å². The molecule has 0 atom stereocenters. The molecule has 25 heavy (non-hydrogen) atoms. The first-order valence-corrected chi connectivity index (χ1v) is 8.23. The van der Waals surface area contributed by atoms with E-state index in [-0.39, 0.29) is 5.91 Å². The Morgan fingerprint density at radius 2 is 1.72 bits per heavy atom. The topological polar surface area (TPSA) is 54.0 Å². The lowest BCUT2D eigenvalue weighted by atomic mass is 10.1. The number of nitrogens with zero attached hydrogens (tertiary/aromatic N) is 1. The number of carbonyl (C=O) groups excluding carboxylic acids is 1. The highest BCUT2D eigenvalue weighted by Crippen LogP contribution is 2.16. The lowest BCUT2D eigenvalue weighted by Crippen LogP contribution is -2.12. The Kier molecular flexibility index (Phi) is 5.09. The Balaban J connectivity index is 1.60. The molecule has 126 valence electrons. The summed E-state index contributed by atoms with van der Waals surface area (Å²) in [5.74, 6) is -0.0980. The molecule has 3 aromatic rings. The summed E-state index contributed by atoms with van der Waals surface area (Å²) in [6.07, 6.45) is 3.60. The van der Waals surface area contributed by atoms with E-state index in [1.807, 2.05) is 74.6 Å². The fraction of sp³-hybridized carbons (Fsp3) is 0.143. The predicted octanol–water partition coefficient (Wildman–Crippen LogP) is 4.56. The van der Waals surface area contributed by atoms with Gasteiger partial charge < -0.3 is 10.6 Å². The number of aryl methyl sites for hydroxylation is 2. The van der Waals surface area contributed by atoms with Gasteiger partial charge in [0.15, 0.2) is 0 Å². The molecule has 1 aromatic heterocycles. The van der Waals surface area contributed by atoms with Crippen molar-refractivity contribution in [2.45, 2.75) is 20.4 Å². The van der Waals surface area contributed by atoms with Gasteiger partial charge in [-0.3, -0.25) is 9.78 Å². The molecule has 4 heteroatoms. The molecule has 1 amide bonds. The summed E-state index contributed by atoms with van der Waals surface area (Å²) in [5, 5.41) is 6.26. The molecular weight excluding hydrogens is 310 g/mol. The Labute approximate surface area is 147 Å². The first kappa shape index (κ1) is 16.7. The van der Waals surface area contributed by atoms with Crippen LogP contribution in [0.15, 0.2) is 67.0 Å². The molecule has 0 aliphatic heterocycles. The Bertz CT molecular complexity index is 858. The van der Waals surface area contributed by atoms with Gasteiger partial charge in [0.25, 0.3) is 5.91 Å². The molecule has 0 spiro atoms. The van der Waals surface area contributed by atoms with Gasteiger partial charge in [0.1, 0.15) is 0 Å². The number of nitrogens with one attached hydrogen (secondary N) is 2. The maximum Gasteiger partial charge on any atom is 0.255 e. The van der Waals surface area contributed by atoms with Crippen LogP contribution in [0.3, 0.4) is 0 Å². The molecule has 0 bridgehead atoms. The van der Waals surface area contributed by atoms with E-state index in [9.17, 15) is 4.79 Å². The third-order valence-electron chi connectivity index (χ3n) is 4.13. The van der Waals surface area contributed by atoms with Crippen LogP contribution in [0.2, 0.25) is 0 Å². The number of benzene rings is 2. The third kappa shape index (κ3) is 4.44. The van der Waals surface area contributed by atoms with Gasteiger partial charge >= 0.3 is 0 Å². The van der Waals surface area contributed by atoms with Crippen LogP contribution in [0.25, 0.3) is 0 Å². The lowest BCUT2D eigenvalue weighted by molar-refractivity contribution is 0.102. The zero-order valence-electron chi connectivity index (χ0n) is 14.4. The van der Waals surface area contributed by atoms with E-state index in [0.717, 1.165) is 22.5 Å². The van der Waals surface area contributed by atoms with Crippen molar-refractivity contribution in [3.8, 4) is 0 Å². The van der Waals surface area contributed by atoms with Gasteiger partial charge in [0.05, 0.1) is 0 Å². The highest BCUT2D eigenvalue weighted by atomic mass is 16.1. The van der Waals surface area contributed by atoms with Crippen LogP contribution >= 0.6 is 0 Å². The van der Waals surface area contributed by atoms with Crippen molar-refractivity contribution in [3.63, 3.8) is 0 Å². The van der Waals surface area contributed by atoms with E-state index in [1.54, 1.807) is 6.20 Å². The summed E-state index contributed by atoms with van der Waals surface area (Å²) in [7, 11) is 0. The summed E-state index contributed by atoms with van der Waals surface area (Å²) in [5.41, 5.74) is 5.85. The van der Waals surface area contributed by atoms with Gasteiger partial charge in [-0.25, -0.2) is 0 Å². The van der Waals surface area contributed by atoms with Crippen LogP contribution in [0, 0.1) is 13.8 Å². The fourth-order valence-corrected chi connectivity index (χ4v) is 2.46. The average Bonchev–Trinajstić information content (AvgIpc) is 2.64. The van der Waals surface area contributed by atoms with E-state index < -0.39 is 0 Å². The number of aromatic nitrogens is 1. The number of rotatable bonds is 5. The van der Waals surface area contributed by atoms with Crippen molar-refractivity contribution in [3.05, 3.63) is 89.2 Å². The van der Waals surface area contributed by atoms with Crippen LogP contribution in [0.1, 0.15) is 27.0 Å². The quantitative estimate of drug-likeness (QED) is 0.720. The van der Waals surface area contributed by atoms with Crippen LogP contribution in [0.4, 0.5) is 11.4 Å². The van der Waals surface area contributed by atoms with Crippen LogP contribution < -0.4 is 10.6 Å². The minimum Gasteiger partial charge on any atom is -0.381 e. The van der Waals surface area contributed by atoms with Crippen molar-refractivity contribution >= 4 is 17.3 Å². The molecule has 0 saturated carbocycles. The molecule has 1 heterocycles. The van der Waals surface area contributed by atoms with Crippen molar-refractivity contribution in [2.24, 2.45) is 0 Å². The van der Waals surface area contributed by atoms with Crippen LogP contribution in [-0.4, -0.2) is 10.9 Å². The van der Waals surface area contributed by atoms with Gasteiger partial charge in [0, 0.05) is 35.9 Å². The highest BCUT2D eigenvalue weighted by molar-refractivity contribution is 6.04. The maximum atomic E-state index is 12.3. The monoisotopic (exact) mass is 331 g/mol. The van der Waals surface area contributed by atoms with Crippen molar-refractivity contribution in [1.29, 1.82) is 0 Å². The fourth-order valence-electron chi connectivity index (χ4n) is 2.46. The molecule has 0 saturated heterocycles. The molecule has 4 nitrogen and oxygen atoms in total. The van der Waals surface area contributed by atoms with E-state index >= 15 is 0 Å². The second kappa shape index (κ2) is 7.62. The summed E-state index contributed by atoms with van der Waals surface area (Å²) < 4.78 is 0. The van der Waals surface area contributed by atoms with Crippen molar-refractivity contribution in [2.75, 3.05) is 10.6 Å². The molecular formula is C21H21N3O. The van der Waals surface area contributed by atoms with E-state index in [4.69, 9.17) is 0 Å². The van der Waals surface area contributed by atoms with E-state index in [0.29, 0.717) is 12.1 Å². The summed E-state index contributed by atoms with van der Waals surface area (Å²) in [6, 6.07) is 17.4. The molecule has 3 rings (SSSR count). The average molecular weight is 331 g/mol. The highest BCUT2D eigenvalue weighted by Gasteiger charge is 2.07. The number of pyridine rings is 1. The molecule has 2 N–H and O–H groups in total. The van der Waals surface area contributed by atoms with Gasteiger partial charge in [-0.1, -0.05) is 12.1 Å². The van der Waals surface area contributed by atoms with E-state index in [2.05, 4.69) is 15.6 Å². The zero-order valence-corrected chi connectivity index (χ0v) is 14.4. The number of carbonyl (C=O) groups is 1. The first-order chi connectivity index (χ1) is 12.1. The van der Waals surface area contributed by atoms with E-state index in [1.165, 1.54) is 5.56 Å². The van der Waals surface area contributed by atoms with Crippen LogP contribution in [-0.2, 0) is 6.54 Å². The zero-order chi connectivity index (χ0) is 17.6. The molecule has 0 aliphatic rings. The lowest BCUT2D eigenvalue weighted by Gasteiger charge is -2.09. The first-order valence-electron chi connectivity index (χ1n) is 8.23. The summed E-state index contributed by atoms with van der Waals surface area (Å²) in [6.45, 7) is 4.76. The molecule has 0 fully saturated rings. The Morgan fingerprint density at radius 3 is 2.40 bits per heavy atom. The summed E-state index contributed by atoms with van der Waals surface area (Å²) in [4.78, 5) is 16.4. The predicted molar refractivity (Wildman–Crippen MR) is 102 cm³/mol. The minimum absolute atomic E-state index is 0.0980. The van der Waals surface area contributed by atoms with Crippen molar-refractivity contribution < 1.29 is 4.79 Å². The smallest absolute Gasteiger partial charge is 0.255 e. The maximum absolute atomic E-state index is 12.3. The SMILES string of the molecule is Cc1ccc(C(=O)Nc2ccc(NCc3cccnc3)cc2)cc1C. The number of hydrogen-bond acceptors (Lipinski definition) is 3. The van der Waals surface area contributed by atoms with Gasteiger partial charge in [-0.05, 0) is 73.0 Å². The second-order valence-electron chi connectivity index (χ2n) is 6.05. The van der Waals surface area contributed by atoms with Crippen molar-refractivity contribution in [1.82, 2.24) is 4.98 Å². The minimum atomic E-state index is -0.0980. The third-order valence-corrected chi connectivity index (χ3v) is 4.13. The molecule has 0 aliphatic carbocycles. The largest absolute Gasteiger partial charge is 0.381 e. The van der Waals surface area contributed by atoms with Crippen LogP contribution in [0.5, 0.6) is 0 Å². The normalized spacial score (nSPS) is 10.3. The molecule has 0 radical (unpaired) electrons. The standard InChI is InChI=1S/C21H21N3O/c1-15-5-6-18(12-16(15)2)21(25)24-20-9-7-19(8-10-20)23-14-17-4-3-11-22-13-17/h3-13,23H,14H2,1-2H3,(H,24,25). The Hall–Kier alpha value is -3.14. The second-order valence-corrected chi connectivity index (χ2v) is 6.05. The van der Waals surface area contributed by atoms with Gasteiger partial charge in [-0.15, -0.1) is 0 Å². The molecule has 2 aromatic carbocycles. The Morgan fingerprint density at radius 1 is 0.960 bits per heavy atom. The number of amides is 1. The number of hydrogen-bond donors (Lipinski definition) is 2. The number of anilines is 2. The van der Waals surface area contributed by atoms with Gasteiger partial charge in [0.2, 0.25) is 0 Å². The summed E-state index contributed by atoms with van der Waals surface area (Å²) >= 11 is 0.